The van der Waals surface area contributed by atoms with Gasteiger partial charge in [0.2, 0.25) is 11.8 Å². The first-order valence-corrected chi connectivity index (χ1v) is 12.6. The maximum atomic E-state index is 12.7. The van der Waals surface area contributed by atoms with Crippen LogP contribution in [-0.4, -0.2) is 63.1 Å². The minimum Gasteiger partial charge on any atom is -0.548 e. The molecule has 176 valence electrons. The average Bonchev–Trinajstić information content (AvgIpc) is 3.28. The third-order valence-corrected chi connectivity index (χ3v) is 9.18. The summed E-state index contributed by atoms with van der Waals surface area (Å²) in [7, 11) is 1.72. The summed E-state index contributed by atoms with van der Waals surface area (Å²) in [5, 5.41) is 16.5. The van der Waals surface area contributed by atoms with Crippen LogP contribution in [0.2, 0.25) is 0 Å². The van der Waals surface area contributed by atoms with Gasteiger partial charge in [0.15, 0.2) is 5.13 Å². The van der Waals surface area contributed by atoms with Crippen molar-refractivity contribution >= 4 is 46.0 Å². The van der Waals surface area contributed by atoms with Crippen LogP contribution in [0.4, 0.5) is 5.13 Å². The van der Waals surface area contributed by atoms with Crippen LogP contribution in [0, 0.1) is 5.92 Å². The van der Waals surface area contributed by atoms with Crippen molar-refractivity contribution in [2.45, 2.75) is 80.2 Å². The number of carboxylic acids is 1. The Morgan fingerprint density at radius 2 is 2.12 bits per heavy atom. The first kappa shape index (κ1) is 26.7. The second-order valence-electron chi connectivity index (χ2n) is 9.31. The first-order valence-electron chi connectivity index (χ1n) is 10.9. The van der Waals surface area contributed by atoms with Crippen LogP contribution in [-0.2, 0) is 19.1 Å². The second-order valence-corrected chi connectivity index (χ2v) is 12.0. The zero-order valence-electron chi connectivity index (χ0n) is 19.4. The van der Waals surface area contributed by atoms with Crippen LogP contribution < -0.4 is 45.7 Å². The van der Waals surface area contributed by atoms with Gasteiger partial charge in [-0.2, -0.15) is 0 Å². The number of ether oxygens (including phenoxy) is 1. The number of aliphatic carboxylic acids is 1. The maximum Gasteiger partial charge on any atom is 1.00 e. The van der Waals surface area contributed by atoms with Gasteiger partial charge in [-0.05, 0) is 45.4 Å². The summed E-state index contributed by atoms with van der Waals surface area (Å²) in [5.41, 5.74) is 6.79. The molecule has 0 spiro atoms. The summed E-state index contributed by atoms with van der Waals surface area (Å²) < 4.78 is 4.90. The Balaban J connectivity index is 0.00000306. The number of amides is 2. The summed E-state index contributed by atoms with van der Waals surface area (Å²) in [5.74, 6) is -1.34. The van der Waals surface area contributed by atoms with Crippen molar-refractivity contribution in [3.8, 4) is 0 Å². The number of thioether (sulfide) groups is 1. The molecule has 1 unspecified atom stereocenters. The van der Waals surface area contributed by atoms with E-state index in [0.29, 0.717) is 18.0 Å². The number of aromatic nitrogens is 1. The van der Waals surface area contributed by atoms with Gasteiger partial charge in [0.1, 0.15) is 11.4 Å². The van der Waals surface area contributed by atoms with Gasteiger partial charge in [0.25, 0.3) is 0 Å². The smallest absolute Gasteiger partial charge is 0.548 e. The topological polar surface area (TPSA) is 138 Å². The molecule has 1 saturated carbocycles. The number of rotatable bonds is 7. The Bertz CT molecular complexity index is 913. The van der Waals surface area contributed by atoms with Gasteiger partial charge in [-0.25, -0.2) is 4.98 Å². The molecule has 2 aliphatic heterocycles. The molecule has 6 atom stereocenters. The quantitative estimate of drug-likeness (QED) is 0.313. The van der Waals surface area contributed by atoms with Gasteiger partial charge in [0, 0.05) is 29.6 Å². The monoisotopic (exact) mass is 504 g/mol. The number of methoxy groups -OCH3 is 1. The zero-order valence-corrected chi connectivity index (χ0v) is 23.0. The Morgan fingerprint density at radius 3 is 2.73 bits per heavy atom. The van der Waals surface area contributed by atoms with Crippen LogP contribution in [0.15, 0.2) is 5.38 Å². The standard InChI is InChI=1S/C21H30N4O5S2.Na/c1-21(2)16(19(28)29)25-17(27)15(18(25)32-21)24-14(26)7-5-10-4-6-11(30-3)8-12(10)13-9-31-20(22)23-13;/h9-12,15-16,18H,4-8H2,1-3H3,(H2,22,23)(H,24,26)(H,28,29);/q;+1/p-1/t10?,11-,12+,15+,16-,18+;/m0./s1. The Kier molecular flexibility index (Phi) is 8.44. The number of anilines is 1. The van der Waals surface area contributed by atoms with Crippen molar-refractivity contribution in [2.75, 3.05) is 12.8 Å². The molecule has 9 nitrogen and oxygen atoms in total. The predicted octanol–water partition coefficient (Wildman–Crippen LogP) is -2.29. The molecule has 3 heterocycles. The van der Waals surface area contributed by atoms with Crippen molar-refractivity contribution in [1.82, 2.24) is 15.2 Å². The fraction of sp³-hybridized carbons (Fsp3) is 0.714. The second kappa shape index (κ2) is 10.4. The molecule has 2 amide bonds. The molecule has 4 rings (SSSR count). The fourth-order valence-corrected chi connectivity index (χ4v) is 7.52. The number of hydrogen-bond acceptors (Lipinski definition) is 9. The Hall–Kier alpha value is -0.850. The zero-order chi connectivity index (χ0) is 23.2. The number of fused-ring (bicyclic) bond motifs is 1. The Labute approximate surface area is 223 Å². The van der Waals surface area contributed by atoms with E-state index >= 15 is 0 Å². The van der Waals surface area contributed by atoms with E-state index in [2.05, 4.69) is 10.3 Å². The van der Waals surface area contributed by atoms with Gasteiger partial charge in [-0.1, -0.05) is 0 Å². The third-order valence-electron chi connectivity index (χ3n) is 6.92. The molecule has 3 aliphatic rings. The van der Waals surface area contributed by atoms with Crippen LogP contribution in [0.5, 0.6) is 0 Å². The van der Waals surface area contributed by atoms with Gasteiger partial charge >= 0.3 is 29.6 Å². The molecule has 1 aliphatic carbocycles. The van der Waals surface area contributed by atoms with E-state index in [1.807, 2.05) is 5.38 Å². The largest absolute Gasteiger partial charge is 1.00 e. The van der Waals surface area contributed by atoms with Crippen molar-refractivity contribution in [3.63, 3.8) is 0 Å². The van der Waals surface area contributed by atoms with Crippen molar-refractivity contribution in [3.05, 3.63) is 11.1 Å². The number of carboxylic acid groups (broad SMARTS) is 1. The molecule has 1 aromatic heterocycles. The summed E-state index contributed by atoms with van der Waals surface area (Å²) >= 11 is 2.81. The number of carbonyl (C=O) groups excluding carboxylic acids is 3. The molecule has 3 fully saturated rings. The minimum atomic E-state index is -1.26. The van der Waals surface area contributed by atoms with Gasteiger partial charge in [0.05, 0.1) is 23.8 Å². The number of carbonyl (C=O) groups is 3. The molecule has 0 bridgehead atoms. The van der Waals surface area contributed by atoms with E-state index in [-0.39, 0.29) is 64.7 Å². The number of thiazole rings is 1. The minimum absolute atomic E-state index is 0. The maximum absolute atomic E-state index is 12.7. The van der Waals surface area contributed by atoms with E-state index in [1.54, 1.807) is 21.0 Å². The van der Waals surface area contributed by atoms with Crippen molar-refractivity contribution in [1.29, 1.82) is 0 Å². The number of nitrogens with zero attached hydrogens (tertiary/aromatic N) is 2. The van der Waals surface area contributed by atoms with Crippen LogP contribution in [0.3, 0.4) is 0 Å². The van der Waals surface area contributed by atoms with Gasteiger partial charge in [-0.3, -0.25) is 9.59 Å². The van der Waals surface area contributed by atoms with E-state index in [0.717, 1.165) is 25.0 Å². The predicted molar refractivity (Wildman–Crippen MR) is 120 cm³/mol. The summed E-state index contributed by atoms with van der Waals surface area (Å²) in [4.78, 5) is 42.6. The van der Waals surface area contributed by atoms with E-state index in [4.69, 9.17) is 10.5 Å². The fourth-order valence-electron chi connectivity index (χ4n) is 5.28. The SMILES string of the molecule is CO[C@H]1CCC(CCC(=O)N[C@@H]2C(=O)N3[C@@H]2SC(C)(C)[C@@H]3C(=O)[O-])[C@H](c2csc(N)n2)C1.[Na+]. The molecular formula is C21H29N4NaO5S2. The number of hydrogen-bond donors (Lipinski definition) is 2. The molecule has 1 aromatic rings. The van der Waals surface area contributed by atoms with Crippen LogP contribution in [0.25, 0.3) is 0 Å². The molecule has 3 N–H and O–H groups in total. The number of nitrogens with two attached hydrogens (primary N) is 1. The first-order chi connectivity index (χ1) is 15.1. The number of β-lactam (4-membered cyclic amide) rings is 1. The van der Waals surface area contributed by atoms with E-state index in [1.165, 1.54) is 28.0 Å². The molecule has 2 saturated heterocycles. The average molecular weight is 505 g/mol. The number of nitrogens with one attached hydrogen (secondary N) is 1. The van der Waals surface area contributed by atoms with Crippen LogP contribution in [0.1, 0.15) is 57.6 Å². The molecule has 0 aromatic carbocycles. The van der Waals surface area contributed by atoms with Gasteiger partial charge in [-0.15, -0.1) is 23.1 Å². The van der Waals surface area contributed by atoms with Crippen LogP contribution >= 0.6 is 23.1 Å². The number of nitrogen functional groups attached to an aromatic ring is 1. The van der Waals surface area contributed by atoms with Crippen molar-refractivity contribution < 1.29 is 53.8 Å². The van der Waals surface area contributed by atoms with Gasteiger partial charge < -0.3 is 30.6 Å². The molecule has 33 heavy (non-hydrogen) atoms. The van der Waals surface area contributed by atoms with E-state index in [9.17, 15) is 19.5 Å². The summed E-state index contributed by atoms with van der Waals surface area (Å²) in [6.45, 7) is 3.56. The Morgan fingerprint density at radius 1 is 1.39 bits per heavy atom. The summed E-state index contributed by atoms with van der Waals surface area (Å²) in [6, 6.07) is -1.67. The van der Waals surface area contributed by atoms with E-state index < -0.39 is 22.8 Å². The normalized spacial score (nSPS) is 32.5. The molecular weight excluding hydrogens is 475 g/mol. The summed E-state index contributed by atoms with van der Waals surface area (Å²) in [6.07, 6.45) is 3.87. The molecule has 12 heteroatoms. The van der Waals surface area contributed by atoms with Crippen molar-refractivity contribution in [2.24, 2.45) is 5.92 Å². The third kappa shape index (κ3) is 5.23. The molecule has 0 radical (unpaired) electrons.